The molecule has 0 amide bonds. The molecule has 134 valence electrons. The van der Waals surface area contributed by atoms with Crippen LogP contribution in [0.3, 0.4) is 0 Å². The lowest BCUT2D eigenvalue weighted by Crippen LogP contribution is -2.30. The fraction of sp³-hybridized carbons (Fsp3) is 0.375. The van der Waals surface area contributed by atoms with Crippen LogP contribution in [0.1, 0.15) is 12.0 Å². The Balaban J connectivity index is 1.80. The fourth-order valence-corrected chi connectivity index (χ4v) is 3.53. The van der Waals surface area contributed by atoms with Gasteiger partial charge in [0.15, 0.2) is 0 Å². The lowest BCUT2D eigenvalue weighted by molar-refractivity contribution is 0.140. The van der Waals surface area contributed by atoms with E-state index < -0.39 is 19.6 Å². The van der Waals surface area contributed by atoms with Crippen LogP contribution < -0.4 is 11.4 Å². The Labute approximate surface area is 144 Å². The molecule has 0 bridgehead atoms. The molecule has 4 N–H and O–H groups in total. The maximum atomic E-state index is 12.1. The highest BCUT2D eigenvalue weighted by Crippen LogP contribution is 2.55. The minimum absolute atomic E-state index is 0.0610. The third-order valence-corrected chi connectivity index (χ3v) is 5.03. The van der Waals surface area contributed by atoms with Crippen molar-refractivity contribution in [3.05, 3.63) is 58.6 Å². The SMILES string of the molecule is Nc1ccn(CC2(c3ccccc3)CC2COCP(=O)(O)O)c(=O)n1. The van der Waals surface area contributed by atoms with E-state index in [1.807, 2.05) is 30.3 Å². The van der Waals surface area contributed by atoms with E-state index in [9.17, 15) is 9.36 Å². The number of nitrogens with two attached hydrogens (primary N) is 1. The first kappa shape index (κ1) is 17.8. The average Bonchev–Trinajstić information content (AvgIpc) is 3.24. The Morgan fingerprint density at radius 1 is 1.32 bits per heavy atom. The molecule has 1 aliphatic carbocycles. The second-order valence-electron chi connectivity index (χ2n) is 6.35. The van der Waals surface area contributed by atoms with Crippen molar-refractivity contribution in [1.29, 1.82) is 0 Å². The van der Waals surface area contributed by atoms with Crippen molar-refractivity contribution in [3.63, 3.8) is 0 Å². The van der Waals surface area contributed by atoms with Gasteiger partial charge >= 0.3 is 13.3 Å². The topological polar surface area (TPSA) is 128 Å². The van der Waals surface area contributed by atoms with Crippen LogP contribution in [-0.2, 0) is 21.3 Å². The minimum atomic E-state index is -4.19. The Morgan fingerprint density at radius 2 is 2.04 bits per heavy atom. The Bertz CT molecular complexity index is 850. The average molecular weight is 365 g/mol. The maximum Gasteiger partial charge on any atom is 0.350 e. The van der Waals surface area contributed by atoms with Crippen LogP contribution in [0.4, 0.5) is 5.82 Å². The predicted molar refractivity (Wildman–Crippen MR) is 92.0 cm³/mol. The zero-order valence-electron chi connectivity index (χ0n) is 13.5. The van der Waals surface area contributed by atoms with Gasteiger partial charge in [0.2, 0.25) is 0 Å². The zero-order chi connectivity index (χ0) is 18.1. The van der Waals surface area contributed by atoms with Gasteiger partial charge in [0.05, 0.1) is 6.61 Å². The van der Waals surface area contributed by atoms with E-state index in [0.717, 1.165) is 12.0 Å². The molecule has 1 aliphatic rings. The van der Waals surface area contributed by atoms with Gasteiger partial charge in [0.25, 0.3) is 0 Å². The number of rotatable bonds is 7. The lowest BCUT2D eigenvalue weighted by Gasteiger charge is -2.20. The highest BCUT2D eigenvalue weighted by molar-refractivity contribution is 7.51. The molecule has 1 aromatic heterocycles. The molecule has 2 aromatic rings. The zero-order valence-corrected chi connectivity index (χ0v) is 14.4. The highest BCUT2D eigenvalue weighted by Gasteiger charge is 2.55. The van der Waals surface area contributed by atoms with Crippen LogP contribution in [-0.4, -0.2) is 32.3 Å². The standard InChI is InChI=1S/C16H20N3O5P/c17-14-6-7-19(15(20)18-14)10-16(12-4-2-1-3-5-12)8-13(16)9-24-11-25(21,22)23/h1-7,13H,8-11H2,(H2,17,18,20)(H2,21,22,23). The van der Waals surface area contributed by atoms with Gasteiger partial charge in [-0.15, -0.1) is 0 Å². The molecule has 0 aliphatic heterocycles. The first-order chi connectivity index (χ1) is 11.8. The summed E-state index contributed by atoms with van der Waals surface area (Å²) < 4.78 is 17.6. The van der Waals surface area contributed by atoms with E-state index in [4.69, 9.17) is 20.3 Å². The van der Waals surface area contributed by atoms with Gasteiger partial charge in [-0.3, -0.25) is 9.13 Å². The van der Waals surface area contributed by atoms with Crippen molar-refractivity contribution in [1.82, 2.24) is 9.55 Å². The van der Waals surface area contributed by atoms with Crippen LogP contribution in [0.25, 0.3) is 0 Å². The molecule has 2 unspecified atom stereocenters. The summed E-state index contributed by atoms with van der Waals surface area (Å²) >= 11 is 0. The van der Waals surface area contributed by atoms with Crippen molar-refractivity contribution in [3.8, 4) is 0 Å². The van der Waals surface area contributed by atoms with Gasteiger partial charge in [0, 0.05) is 18.2 Å². The number of hydrogen-bond donors (Lipinski definition) is 3. The smallest absolute Gasteiger partial charge is 0.350 e. The number of nitrogens with zero attached hydrogens (tertiary/aromatic N) is 2. The highest BCUT2D eigenvalue weighted by atomic mass is 31.2. The first-order valence-corrected chi connectivity index (χ1v) is 9.61. The van der Waals surface area contributed by atoms with Crippen molar-refractivity contribution in [2.75, 3.05) is 18.7 Å². The number of benzene rings is 1. The van der Waals surface area contributed by atoms with Crippen molar-refractivity contribution < 1.29 is 19.1 Å². The summed E-state index contributed by atoms with van der Waals surface area (Å²) in [6.07, 6.45) is 1.77. The minimum Gasteiger partial charge on any atom is -0.383 e. The molecule has 1 aromatic carbocycles. The molecule has 0 radical (unpaired) electrons. The molecule has 1 fully saturated rings. The summed E-state index contributed by atoms with van der Waals surface area (Å²) in [5.74, 6) is 0.234. The summed E-state index contributed by atoms with van der Waals surface area (Å²) in [5.41, 5.74) is 5.85. The second-order valence-corrected chi connectivity index (χ2v) is 7.94. The number of nitrogen functional groups attached to an aromatic ring is 1. The summed E-state index contributed by atoms with van der Waals surface area (Å²) in [4.78, 5) is 33.6. The van der Waals surface area contributed by atoms with Crippen LogP contribution in [0.2, 0.25) is 0 Å². The van der Waals surface area contributed by atoms with Gasteiger partial charge in [-0.1, -0.05) is 30.3 Å². The molecule has 2 atom stereocenters. The molecule has 0 spiro atoms. The van der Waals surface area contributed by atoms with Crippen LogP contribution >= 0.6 is 7.60 Å². The first-order valence-electron chi connectivity index (χ1n) is 7.81. The molecule has 3 rings (SSSR count). The van der Waals surface area contributed by atoms with Gasteiger partial charge < -0.3 is 20.3 Å². The Hall–Kier alpha value is -1.99. The van der Waals surface area contributed by atoms with Gasteiger partial charge in [0.1, 0.15) is 12.2 Å². The Morgan fingerprint density at radius 3 is 2.68 bits per heavy atom. The van der Waals surface area contributed by atoms with Crippen molar-refractivity contribution in [2.24, 2.45) is 5.92 Å². The monoisotopic (exact) mass is 365 g/mol. The summed E-state index contributed by atoms with van der Waals surface area (Å²) in [5, 5.41) is 0. The molecular weight excluding hydrogens is 345 g/mol. The van der Waals surface area contributed by atoms with Gasteiger partial charge in [-0.05, 0) is 24.0 Å². The van der Waals surface area contributed by atoms with Gasteiger partial charge in [-0.25, -0.2) is 4.79 Å². The quantitative estimate of drug-likeness (QED) is 0.623. The second kappa shape index (κ2) is 6.72. The van der Waals surface area contributed by atoms with Gasteiger partial charge in [-0.2, -0.15) is 4.98 Å². The lowest BCUT2D eigenvalue weighted by atomic mass is 9.93. The van der Waals surface area contributed by atoms with E-state index in [-0.39, 0.29) is 23.8 Å². The van der Waals surface area contributed by atoms with Crippen LogP contribution in [0.15, 0.2) is 47.4 Å². The molecule has 0 saturated heterocycles. The molecule has 1 heterocycles. The van der Waals surface area contributed by atoms with E-state index in [1.54, 1.807) is 12.3 Å². The van der Waals surface area contributed by atoms with E-state index in [0.29, 0.717) is 6.54 Å². The number of hydrogen-bond acceptors (Lipinski definition) is 5. The van der Waals surface area contributed by atoms with Crippen molar-refractivity contribution in [2.45, 2.75) is 18.4 Å². The summed E-state index contributed by atoms with van der Waals surface area (Å²) in [7, 11) is -4.19. The van der Waals surface area contributed by atoms with E-state index in [1.165, 1.54) is 4.57 Å². The molecule has 9 heteroatoms. The molecule has 25 heavy (non-hydrogen) atoms. The number of aromatic nitrogens is 2. The Kier molecular flexibility index (Phi) is 4.79. The van der Waals surface area contributed by atoms with E-state index >= 15 is 0 Å². The van der Waals surface area contributed by atoms with Crippen molar-refractivity contribution >= 4 is 13.4 Å². The third kappa shape index (κ3) is 4.16. The normalized spacial score (nSPS) is 22.7. The van der Waals surface area contributed by atoms with E-state index in [2.05, 4.69) is 4.98 Å². The number of anilines is 1. The summed E-state index contributed by atoms with van der Waals surface area (Å²) in [6, 6.07) is 11.3. The maximum absolute atomic E-state index is 12.1. The molecular formula is C16H20N3O5P. The fourth-order valence-electron chi connectivity index (χ4n) is 3.19. The summed E-state index contributed by atoms with van der Waals surface area (Å²) in [6.45, 7) is 0.629. The molecule has 1 saturated carbocycles. The van der Waals surface area contributed by atoms with Crippen LogP contribution in [0, 0.1) is 5.92 Å². The number of ether oxygens (including phenoxy) is 1. The molecule has 8 nitrogen and oxygen atoms in total. The van der Waals surface area contributed by atoms with Crippen LogP contribution in [0.5, 0.6) is 0 Å². The third-order valence-electron chi connectivity index (χ3n) is 4.51. The predicted octanol–water partition coefficient (Wildman–Crippen LogP) is 0.935. The largest absolute Gasteiger partial charge is 0.383 e.